The zero-order chi connectivity index (χ0) is 27.2. The molecule has 0 bridgehead atoms. The van der Waals surface area contributed by atoms with E-state index < -0.39 is 6.23 Å². The van der Waals surface area contributed by atoms with Gasteiger partial charge < -0.3 is 15.7 Å². The van der Waals surface area contributed by atoms with Gasteiger partial charge in [-0.25, -0.2) is 0 Å². The van der Waals surface area contributed by atoms with Crippen LogP contribution in [0.5, 0.6) is 0 Å². The van der Waals surface area contributed by atoms with Gasteiger partial charge in [-0.1, -0.05) is 48.0 Å². The number of aliphatic hydroxyl groups is 1. The molecule has 0 aromatic heterocycles. The van der Waals surface area contributed by atoms with Crippen LogP contribution in [0.1, 0.15) is 105 Å². The molecule has 0 heterocycles. The second-order valence-electron chi connectivity index (χ2n) is 13.7. The highest BCUT2D eigenvalue weighted by atomic mass is 16.3. The normalized spacial score (nSPS) is 26.1. The molecule has 2 unspecified atom stereocenters. The quantitative estimate of drug-likeness (QED) is 0.177. The summed E-state index contributed by atoms with van der Waals surface area (Å²) in [7, 11) is 0. The molecule has 3 atom stereocenters. The number of benzene rings is 1. The third-order valence-electron chi connectivity index (χ3n) is 9.01. The molecule has 0 aliphatic heterocycles. The van der Waals surface area contributed by atoms with Crippen molar-refractivity contribution in [3.63, 3.8) is 0 Å². The first-order chi connectivity index (χ1) is 17.4. The Labute approximate surface area is 224 Å². The molecule has 6 nitrogen and oxygen atoms in total. The zero-order valence-electron chi connectivity index (χ0n) is 24.0. The smallest absolute Gasteiger partial charge is 0.227 e. The summed E-state index contributed by atoms with van der Waals surface area (Å²) in [5.74, 6) is 1.69. The monoisotopic (exact) mass is 513 g/mol. The van der Waals surface area contributed by atoms with Crippen molar-refractivity contribution in [3.8, 4) is 0 Å². The fraction of sp³-hybridized carbons (Fsp3) is 0.742. The lowest BCUT2D eigenvalue weighted by atomic mass is 9.69. The molecule has 0 spiro atoms. The topological polar surface area (TPSA) is 90.5 Å². The van der Waals surface area contributed by atoms with Gasteiger partial charge in [0.15, 0.2) is 0 Å². The minimum atomic E-state index is -0.566. The highest BCUT2D eigenvalue weighted by molar-refractivity contribution is 5.93. The van der Waals surface area contributed by atoms with Crippen LogP contribution < -0.4 is 16.0 Å². The first kappa shape index (κ1) is 29.6. The maximum atomic E-state index is 13.2. The number of carbonyl (C=O) groups is 2. The molecule has 2 saturated carbocycles. The van der Waals surface area contributed by atoms with Gasteiger partial charge >= 0.3 is 0 Å². The standard InChI is InChI=1S/C31H51N3O3/c1-30(2,3)24-9-7-8-22(10-13-24)29(37)34-27-17-21(16-26(18-27)33-20-35)19-32-28(36)23-11-14-25(15-12-23)31(4,5)6/h16-18,20,22-25,28,32,36H,7-15,19H2,1-6H3,(H,33,35)(H,34,37)/t22-,23?,24?,25?,28?/m1/s1. The predicted molar refractivity (Wildman–Crippen MR) is 152 cm³/mol. The van der Waals surface area contributed by atoms with E-state index in [1.165, 1.54) is 6.42 Å². The van der Waals surface area contributed by atoms with Gasteiger partial charge in [0.2, 0.25) is 12.3 Å². The molecule has 0 radical (unpaired) electrons. The second-order valence-corrected chi connectivity index (χ2v) is 13.7. The van der Waals surface area contributed by atoms with Crippen LogP contribution in [0.3, 0.4) is 0 Å². The summed E-state index contributed by atoms with van der Waals surface area (Å²) in [6, 6.07) is 5.63. The molecule has 2 amide bonds. The Hall–Kier alpha value is -1.92. The summed E-state index contributed by atoms with van der Waals surface area (Å²) in [5, 5.41) is 20.0. The van der Waals surface area contributed by atoms with Crippen molar-refractivity contribution in [3.05, 3.63) is 23.8 Å². The maximum Gasteiger partial charge on any atom is 0.227 e. The summed E-state index contributed by atoms with van der Waals surface area (Å²) in [4.78, 5) is 24.3. The van der Waals surface area contributed by atoms with Gasteiger partial charge in [-0.15, -0.1) is 0 Å². The van der Waals surface area contributed by atoms with Crippen LogP contribution in [-0.4, -0.2) is 23.7 Å². The SMILES string of the molecule is CC(C)(C)C1CCC(C(O)NCc2cc(NC=O)cc(NC(=O)[C@@H]3CCCC(C(C)(C)C)CC3)c2)CC1. The van der Waals surface area contributed by atoms with Crippen molar-refractivity contribution in [2.75, 3.05) is 10.6 Å². The van der Waals surface area contributed by atoms with Gasteiger partial charge in [-0.3, -0.25) is 14.9 Å². The van der Waals surface area contributed by atoms with E-state index in [0.29, 0.717) is 41.6 Å². The molecule has 2 aliphatic rings. The van der Waals surface area contributed by atoms with Crippen LogP contribution in [0.2, 0.25) is 0 Å². The van der Waals surface area contributed by atoms with Crippen LogP contribution in [0.25, 0.3) is 0 Å². The number of hydrogen-bond acceptors (Lipinski definition) is 4. The van der Waals surface area contributed by atoms with Gasteiger partial charge in [-0.05, 0) is 104 Å². The first-order valence-electron chi connectivity index (χ1n) is 14.4. The predicted octanol–water partition coefficient (Wildman–Crippen LogP) is 6.70. The van der Waals surface area contributed by atoms with Gasteiger partial charge in [0.1, 0.15) is 6.23 Å². The largest absolute Gasteiger partial charge is 0.378 e. The Morgan fingerprint density at radius 2 is 1.49 bits per heavy atom. The van der Waals surface area contributed by atoms with Crippen molar-refractivity contribution >= 4 is 23.7 Å². The van der Waals surface area contributed by atoms with E-state index in [1.807, 2.05) is 12.1 Å². The lowest BCUT2D eigenvalue weighted by Gasteiger charge is -2.38. The Bertz CT molecular complexity index is 894. The van der Waals surface area contributed by atoms with Crippen molar-refractivity contribution in [1.82, 2.24) is 5.32 Å². The Morgan fingerprint density at radius 1 is 0.892 bits per heavy atom. The third kappa shape index (κ3) is 8.81. The molecule has 208 valence electrons. The van der Waals surface area contributed by atoms with Crippen LogP contribution in [0, 0.1) is 34.5 Å². The molecule has 4 N–H and O–H groups in total. The Kier molecular flexibility index (Phi) is 10.2. The lowest BCUT2D eigenvalue weighted by molar-refractivity contribution is -0.120. The van der Waals surface area contributed by atoms with Gasteiger partial charge in [0.25, 0.3) is 0 Å². The van der Waals surface area contributed by atoms with Crippen LogP contribution >= 0.6 is 0 Å². The number of anilines is 2. The molecule has 2 aliphatic carbocycles. The number of nitrogens with one attached hydrogen (secondary N) is 3. The average Bonchev–Trinajstić information content (AvgIpc) is 3.09. The molecule has 2 fully saturated rings. The van der Waals surface area contributed by atoms with E-state index in [1.54, 1.807) is 6.07 Å². The Balaban J connectivity index is 1.59. The molecule has 1 aromatic carbocycles. The summed E-state index contributed by atoms with van der Waals surface area (Å²) < 4.78 is 0. The molecule has 6 heteroatoms. The van der Waals surface area contributed by atoms with Crippen LogP contribution in [0.15, 0.2) is 18.2 Å². The molecular weight excluding hydrogens is 462 g/mol. The van der Waals surface area contributed by atoms with E-state index in [-0.39, 0.29) is 23.2 Å². The van der Waals surface area contributed by atoms with Crippen LogP contribution in [0.4, 0.5) is 11.4 Å². The van der Waals surface area contributed by atoms with Gasteiger partial charge in [0, 0.05) is 23.8 Å². The number of amides is 2. The summed E-state index contributed by atoms with van der Waals surface area (Å²) in [6.07, 6.45) is 9.63. The van der Waals surface area contributed by atoms with E-state index >= 15 is 0 Å². The third-order valence-corrected chi connectivity index (χ3v) is 9.01. The number of carbonyl (C=O) groups excluding carboxylic acids is 2. The highest BCUT2D eigenvalue weighted by Gasteiger charge is 2.32. The minimum absolute atomic E-state index is 0.0154. The highest BCUT2D eigenvalue weighted by Crippen LogP contribution is 2.41. The number of rotatable bonds is 8. The maximum absolute atomic E-state index is 13.2. The number of hydrogen-bond donors (Lipinski definition) is 4. The van der Waals surface area contributed by atoms with Crippen LogP contribution in [-0.2, 0) is 16.1 Å². The van der Waals surface area contributed by atoms with Gasteiger partial charge in [0.05, 0.1) is 0 Å². The fourth-order valence-electron chi connectivity index (χ4n) is 6.38. The molecule has 0 saturated heterocycles. The molecule has 3 rings (SSSR count). The summed E-state index contributed by atoms with van der Waals surface area (Å²) in [6.45, 7) is 14.3. The number of aliphatic hydroxyl groups excluding tert-OH is 1. The van der Waals surface area contributed by atoms with E-state index in [2.05, 4.69) is 57.5 Å². The summed E-state index contributed by atoms with van der Waals surface area (Å²) in [5.41, 5.74) is 2.84. The van der Waals surface area contributed by atoms with Crippen molar-refractivity contribution in [2.24, 2.45) is 34.5 Å². The van der Waals surface area contributed by atoms with Crippen molar-refractivity contribution in [1.29, 1.82) is 0 Å². The van der Waals surface area contributed by atoms with Crippen molar-refractivity contribution < 1.29 is 14.7 Å². The van der Waals surface area contributed by atoms with E-state index in [9.17, 15) is 14.7 Å². The van der Waals surface area contributed by atoms with Gasteiger partial charge in [-0.2, -0.15) is 0 Å². The summed E-state index contributed by atoms with van der Waals surface area (Å²) >= 11 is 0. The molecule has 37 heavy (non-hydrogen) atoms. The average molecular weight is 514 g/mol. The minimum Gasteiger partial charge on any atom is -0.378 e. The van der Waals surface area contributed by atoms with Crippen molar-refractivity contribution in [2.45, 2.75) is 112 Å². The molecule has 1 aromatic rings. The fourth-order valence-corrected chi connectivity index (χ4v) is 6.38. The molecular formula is C31H51N3O3. The van der Waals surface area contributed by atoms with E-state index in [0.717, 1.165) is 56.9 Å². The first-order valence-corrected chi connectivity index (χ1v) is 14.4. The van der Waals surface area contributed by atoms with E-state index in [4.69, 9.17) is 0 Å². The zero-order valence-corrected chi connectivity index (χ0v) is 24.0. The lowest BCUT2D eigenvalue weighted by Crippen LogP contribution is -2.39. The second kappa shape index (κ2) is 12.8. The Morgan fingerprint density at radius 3 is 2.11 bits per heavy atom.